The molecule has 5 heteroatoms. The van der Waals surface area contributed by atoms with Gasteiger partial charge in [0, 0.05) is 18.0 Å². The molecule has 0 amide bonds. The third-order valence-corrected chi connectivity index (χ3v) is 2.69. The monoisotopic (exact) mass is 246 g/mol. The Hall–Kier alpha value is -2.14. The van der Waals surface area contributed by atoms with Gasteiger partial charge in [0.05, 0.1) is 6.20 Å². The van der Waals surface area contributed by atoms with Gasteiger partial charge in [-0.15, -0.1) is 0 Å². The van der Waals surface area contributed by atoms with Crippen molar-refractivity contribution >= 4 is 5.97 Å². The van der Waals surface area contributed by atoms with E-state index < -0.39 is 5.97 Å². The lowest BCUT2D eigenvalue weighted by atomic mass is 9.97. The number of aliphatic carboxylic acids is 1. The molecule has 0 aliphatic rings. The second-order valence-electron chi connectivity index (χ2n) is 3.96. The van der Waals surface area contributed by atoms with Gasteiger partial charge >= 0.3 is 5.97 Å². The van der Waals surface area contributed by atoms with E-state index in [-0.39, 0.29) is 12.5 Å². The Bertz CT molecular complexity index is 523. The van der Waals surface area contributed by atoms with Gasteiger partial charge in [0.1, 0.15) is 6.26 Å². The van der Waals surface area contributed by atoms with Crippen LogP contribution in [0, 0.1) is 0 Å². The SMILES string of the molecule is NC(CCC(=O)O)c1ccccc1-c1ncco1. The van der Waals surface area contributed by atoms with Crippen LogP contribution in [0.15, 0.2) is 41.1 Å². The van der Waals surface area contributed by atoms with Crippen molar-refractivity contribution in [2.45, 2.75) is 18.9 Å². The van der Waals surface area contributed by atoms with Crippen LogP contribution in [0.4, 0.5) is 0 Å². The predicted molar refractivity (Wildman–Crippen MR) is 65.7 cm³/mol. The van der Waals surface area contributed by atoms with Crippen molar-refractivity contribution in [2.75, 3.05) is 0 Å². The Morgan fingerprint density at radius 1 is 1.44 bits per heavy atom. The van der Waals surface area contributed by atoms with E-state index in [0.29, 0.717) is 12.3 Å². The van der Waals surface area contributed by atoms with Crippen molar-refractivity contribution in [3.63, 3.8) is 0 Å². The van der Waals surface area contributed by atoms with Crippen molar-refractivity contribution in [3.05, 3.63) is 42.3 Å². The van der Waals surface area contributed by atoms with Crippen LogP contribution in [0.1, 0.15) is 24.4 Å². The Labute approximate surface area is 104 Å². The van der Waals surface area contributed by atoms with Gasteiger partial charge < -0.3 is 15.3 Å². The minimum atomic E-state index is -0.848. The maximum atomic E-state index is 10.6. The smallest absolute Gasteiger partial charge is 0.303 e. The molecular weight excluding hydrogens is 232 g/mol. The summed E-state index contributed by atoms with van der Waals surface area (Å²) in [6.45, 7) is 0. The number of hydrogen-bond acceptors (Lipinski definition) is 4. The highest BCUT2D eigenvalue weighted by atomic mass is 16.4. The molecule has 0 radical (unpaired) electrons. The first-order valence-electron chi connectivity index (χ1n) is 5.64. The number of benzene rings is 1. The van der Waals surface area contributed by atoms with Crippen molar-refractivity contribution in [1.82, 2.24) is 4.98 Å². The van der Waals surface area contributed by atoms with Crippen LogP contribution in [-0.4, -0.2) is 16.1 Å². The number of rotatable bonds is 5. The molecule has 94 valence electrons. The molecule has 2 aromatic rings. The number of aromatic nitrogens is 1. The third kappa shape index (κ3) is 2.75. The topological polar surface area (TPSA) is 89.4 Å². The van der Waals surface area contributed by atoms with Crippen molar-refractivity contribution in [1.29, 1.82) is 0 Å². The first-order chi connectivity index (χ1) is 8.68. The Balaban J connectivity index is 2.25. The van der Waals surface area contributed by atoms with Gasteiger partial charge in [-0.2, -0.15) is 0 Å². The molecule has 18 heavy (non-hydrogen) atoms. The summed E-state index contributed by atoms with van der Waals surface area (Å²) in [7, 11) is 0. The van der Waals surface area contributed by atoms with Crippen LogP contribution >= 0.6 is 0 Å². The normalized spacial score (nSPS) is 12.3. The summed E-state index contributed by atoms with van der Waals surface area (Å²) in [5, 5.41) is 8.68. The van der Waals surface area contributed by atoms with E-state index >= 15 is 0 Å². The number of carbonyl (C=O) groups is 1. The standard InChI is InChI=1S/C13H14N2O3/c14-11(5-6-12(16)17)9-3-1-2-4-10(9)13-15-7-8-18-13/h1-4,7-8,11H,5-6,14H2,(H,16,17). The zero-order valence-corrected chi connectivity index (χ0v) is 9.74. The molecule has 0 spiro atoms. The second kappa shape index (κ2) is 5.46. The zero-order valence-electron chi connectivity index (χ0n) is 9.74. The Morgan fingerprint density at radius 2 is 2.22 bits per heavy atom. The molecule has 0 saturated carbocycles. The Morgan fingerprint density at radius 3 is 2.89 bits per heavy atom. The van der Waals surface area contributed by atoms with Crippen LogP contribution in [-0.2, 0) is 4.79 Å². The highest BCUT2D eigenvalue weighted by Gasteiger charge is 2.15. The molecule has 5 nitrogen and oxygen atoms in total. The van der Waals surface area contributed by atoms with Crippen molar-refractivity contribution in [2.24, 2.45) is 5.73 Å². The summed E-state index contributed by atoms with van der Waals surface area (Å²) in [4.78, 5) is 14.6. The number of carboxylic acids is 1. The van der Waals surface area contributed by atoms with E-state index in [4.69, 9.17) is 15.3 Å². The molecule has 1 atom stereocenters. The maximum Gasteiger partial charge on any atom is 0.303 e. The number of nitrogens with zero attached hydrogens (tertiary/aromatic N) is 1. The highest BCUT2D eigenvalue weighted by Crippen LogP contribution is 2.27. The van der Waals surface area contributed by atoms with Gasteiger partial charge in [0.2, 0.25) is 5.89 Å². The quantitative estimate of drug-likeness (QED) is 0.844. The number of hydrogen-bond donors (Lipinski definition) is 2. The van der Waals surface area contributed by atoms with Gasteiger partial charge in [0.15, 0.2) is 0 Å². The van der Waals surface area contributed by atoms with E-state index in [1.54, 1.807) is 6.20 Å². The summed E-state index contributed by atoms with van der Waals surface area (Å²) >= 11 is 0. The predicted octanol–water partition coefficient (Wildman–Crippen LogP) is 2.21. The molecule has 0 saturated heterocycles. The van der Waals surface area contributed by atoms with Gasteiger partial charge in [-0.1, -0.05) is 18.2 Å². The van der Waals surface area contributed by atoms with Gasteiger partial charge in [0.25, 0.3) is 0 Å². The molecule has 1 unspecified atom stereocenters. The molecule has 3 N–H and O–H groups in total. The lowest BCUT2D eigenvalue weighted by Gasteiger charge is -2.13. The summed E-state index contributed by atoms with van der Waals surface area (Å²) in [6, 6.07) is 7.12. The molecule has 0 fully saturated rings. The van der Waals surface area contributed by atoms with E-state index in [1.165, 1.54) is 6.26 Å². The fourth-order valence-electron chi connectivity index (χ4n) is 1.81. The summed E-state index contributed by atoms with van der Waals surface area (Å²) in [5.41, 5.74) is 7.67. The lowest BCUT2D eigenvalue weighted by Crippen LogP contribution is -2.13. The zero-order chi connectivity index (χ0) is 13.0. The first kappa shape index (κ1) is 12.3. The molecule has 1 heterocycles. The summed E-state index contributed by atoms with van der Waals surface area (Å²) < 4.78 is 5.25. The number of carboxylic acid groups (broad SMARTS) is 1. The second-order valence-corrected chi connectivity index (χ2v) is 3.96. The fourth-order valence-corrected chi connectivity index (χ4v) is 1.81. The van der Waals surface area contributed by atoms with Gasteiger partial charge in [-0.25, -0.2) is 4.98 Å². The largest absolute Gasteiger partial charge is 0.481 e. The van der Waals surface area contributed by atoms with E-state index in [9.17, 15) is 4.79 Å². The maximum absolute atomic E-state index is 10.6. The van der Waals surface area contributed by atoms with Gasteiger partial charge in [-0.3, -0.25) is 4.79 Å². The van der Waals surface area contributed by atoms with E-state index in [2.05, 4.69) is 4.98 Å². The molecular formula is C13H14N2O3. The van der Waals surface area contributed by atoms with Crippen LogP contribution in [0.5, 0.6) is 0 Å². The third-order valence-electron chi connectivity index (χ3n) is 2.69. The fraction of sp³-hybridized carbons (Fsp3) is 0.231. The van der Waals surface area contributed by atoms with Crippen molar-refractivity contribution < 1.29 is 14.3 Å². The number of nitrogens with two attached hydrogens (primary N) is 1. The lowest BCUT2D eigenvalue weighted by molar-refractivity contribution is -0.137. The summed E-state index contributed by atoms with van der Waals surface area (Å²) in [5.74, 6) is -0.351. The molecule has 0 aliphatic heterocycles. The average molecular weight is 246 g/mol. The van der Waals surface area contributed by atoms with Crippen LogP contribution in [0.25, 0.3) is 11.5 Å². The summed E-state index contributed by atoms with van der Waals surface area (Å²) in [6.07, 6.45) is 3.48. The number of oxazole rings is 1. The van der Waals surface area contributed by atoms with Gasteiger partial charge in [-0.05, 0) is 18.1 Å². The molecule has 1 aromatic heterocycles. The average Bonchev–Trinajstić information content (AvgIpc) is 2.89. The molecule has 2 rings (SSSR count). The molecule has 0 aliphatic carbocycles. The minimum absolute atomic E-state index is 0.0427. The minimum Gasteiger partial charge on any atom is -0.481 e. The van der Waals surface area contributed by atoms with Crippen LogP contribution in [0.2, 0.25) is 0 Å². The molecule has 0 bridgehead atoms. The van der Waals surface area contributed by atoms with Crippen LogP contribution < -0.4 is 5.73 Å². The molecule has 1 aromatic carbocycles. The van der Waals surface area contributed by atoms with Crippen LogP contribution in [0.3, 0.4) is 0 Å². The Kier molecular flexibility index (Phi) is 3.74. The highest BCUT2D eigenvalue weighted by molar-refractivity contribution is 5.67. The van der Waals surface area contributed by atoms with Crippen molar-refractivity contribution in [3.8, 4) is 11.5 Å². The van der Waals surface area contributed by atoms with E-state index in [1.807, 2.05) is 24.3 Å². The first-order valence-corrected chi connectivity index (χ1v) is 5.64. The van der Waals surface area contributed by atoms with E-state index in [0.717, 1.165) is 11.1 Å².